The minimum atomic E-state index is -0.899. The van der Waals surface area contributed by atoms with E-state index in [-0.39, 0.29) is 12.1 Å². The second-order valence-corrected chi connectivity index (χ2v) is 4.34. The number of esters is 1. The van der Waals surface area contributed by atoms with Gasteiger partial charge in [0.25, 0.3) is 0 Å². The summed E-state index contributed by atoms with van der Waals surface area (Å²) >= 11 is 0. The Labute approximate surface area is 71.7 Å². The molecule has 2 fully saturated rings. The molecule has 3 heteroatoms. The second kappa shape index (κ2) is 2.02. The van der Waals surface area contributed by atoms with Crippen molar-refractivity contribution in [1.29, 1.82) is 0 Å². The number of fused-ring (bicyclic) bond motifs is 1. The van der Waals surface area contributed by atoms with Gasteiger partial charge in [-0.1, -0.05) is 0 Å². The lowest BCUT2D eigenvalue weighted by Crippen LogP contribution is -2.46. The molecule has 1 aliphatic carbocycles. The summed E-state index contributed by atoms with van der Waals surface area (Å²) in [4.78, 5) is 11.3. The van der Waals surface area contributed by atoms with E-state index in [0.717, 1.165) is 12.8 Å². The molecule has 0 aromatic heterocycles. The molecule has 2 atom stereocenters. The van der Waals surface area contributed by atoms with Crippen LogP contribution >= 0.6 is 0 Å². The molecule has 2 unspecified atom stereocenters. The van der Waals surface area contributed by atoms with Crippen LogP contribution in [0.25, 0.3) is 0 Å². The molecule has 1 aliphatic heterocycles. The van der Waals surface area contributed by atoms with E-state index in [4.69, 9.17) is 4.74 Å². The lowest BCUT2D eigenvalue weighted by molar-refractivity contribution is -0.148. The van der Waals surface area contributed by atoms with Crippen LogP contribution in [0.2, 0.25) is 0 Å². The van der Waals surface area contributed by atoms with Crippen LogP contribution in [-0.2, 0) is 9.53 Å². The minimum absolute atomic E-state index is 0.250. The largest absolute Gasteiger partial charge is 0.459 e. The maximum Gasteiger partial charge on any atom is 0.314 e. The van der Waals surface area contributed by atoms with Gasteiger partial charge in [0.1, 0.15) is 11.7 Å². The maximum atomic E-state index is 11.3. The summed E-state index contributed by atoms with van der Waals surface area (Å²) in [6, 6.07) is 0. The molecule has 0 spiro atoms. The quantitative estimate of drug-likeness (QED) is 0.548. The van der Waals surface area contributed by atoms with E-state index in [1.54, 1.807) is 13.8 Å². The highest BCUT2D eigenvalue weighted by Crippen LogP contribution is 2.50. The molecule has 1 N–H and O–H groups in total. The van der Waals surface area contributed by atoms with Crippen molar-refractivity contribution in [2.24, 2.45) is 5.41 Å². The molecule has 0 aromatic carbocycles. The average Bonchev–Trinajstić information content (AvgIpc) is 2.39. The molecule has 12 heavy (non-hydrogen) atoms. The van der Waals surface area contributed by atoms with Gasteiger partial charge in [0.2, 0.25) is 0 Å². The number of rotatable bonds is 0. The standard InChI is InChI=1S/C9H14O3/c1-8(2)7(10)12-6-4-3-5-9(6,8)11/h6,11H,3-5H2,1-2H3. The Morgan fingerprint density at radius 3 is 2.83 bits per heavy atom. The van der Waals surface area contributed by atoms with Crippen molar-refractivity contribution < 1.29 is 14.6 Å². The Kier molecular flexibility index (Phi) is 1.35. The molecule has 3 nitrogen and oxygen atoms in total. The number of hydrogen-bond acceptors (Lipinski definition) is 3. The van der Waals surface area contributed by atoms with Crippen molar-refractivity contribution in [3.63, 3.8) is 0 Å². The van der Waals surface area contributed by atoms with Gasteiger partial charge >= 0.3 is 5.97 Å². The topological polar surface area (TPSA) is 46.5 Å². The van der Waals surface area contributed by atoms with Gasteiger partial charge in [-0.15, -0.1) is 0 Å². The van der Waals surface area contributed by atoms with Crippen LogP contribution in [0.3, 0.4) is 0 Å². The average molecular weight is 170 g/mol. The monoisotopic (exact) mass is 170 g/mol. The summed E-state index contributed by atoms with van der Waals surface area (Å²) in [6.45, 7) is 3.53. The molecule has 0 amide bonds. The zero-order valence-corrected chi connectivity index (χ0v) is 7.46. The Bertz CT molecular complexity index is 234. The zero-order valence-electron chi connectivity index (χ0n) is 7.46. The summed E-state index contributed by atoms with van der Waals surface area (Å²) in [5, 5.41) is 10.2. The van der Waals surface area contributed by atoms with Gasteiger partial charge in [0.05, 0.1) is 5.41 Å². The van der Waals surface area contributed by atoms with Crippen molar-refractivity contribution >= 4 is 5.97 Å². The molecule has 2 rings (SSSR count). The first kappa shape index (κ1) is 8.05. The van der Waals surface area contributed by atoms with E-state index in [1.165, 1.54) is 0 Å². The fraction of sp³-hybridized carbons (Fsp3) is 0.889. The minimum Gasteiger partial charge on any atom is -0.459 e. The second-order valence-electron chi connectivity index (χ2n) is 4.34. The van der Waals surface area contributed by atoms with Crippen LogP contribution in [0, 0.1) is 5.41 Å². The van der Waals surface area contributed by atoms with Crippen molar-refractivity contribution in [1.82, 2.24) is 0 Å². The van der Waals surface area contributed by atoms with E-state index in [2.05, 4.69) is 0 Å². The lowest BCUT2D eigenvalue weighted by Gasteiger charge is -2.30. The lowest BCUT2D eigenvalue weighted by atomic mass is 9.75. The molecular formula is C9H14O3. The van der Waals surface area contributed by atoms with Gasteiger partial charge in [-0.3, -0.25) is 4.79 Å². The third-order valence-electron chi connectivity index (χ3n) is 3.40. The highest BCUT2D eigenvalue weighted by Gasteiger charge is 2.63. The van der Waals surface area contributed by atoms with E-state index < -0.39 is 11.0 Å². The zero-order chi connectivity index (χ0) is 8.98. The first-order valence-corrected chi connectivity index (χ1v) is 4.42. The van der Waals surface area contributed by atoms with Crippen LogP contribution in [0.15, 0.2) is 0 Å². The van der Waals surface area contributed by atoms with E-state index in [0.29, 0.717) is 6.42 Å². The van der Waals surface area contributed by atoms with Crippen molar-refractivity contribution in [3.8, 4) is 0 Å². The summed E-state index contributed by atoms with van der Waals surface area (Å²) in [5.41, 5.74) is -1.61. The summed E-state index contributed by atoms with van der Waals surface area (Å²) in [6.07, 6.45) is 2.21. The third kappa shape index (κ3) is 0.678. The van der Waals surface area contributed by atoms with Crippen LogP contribution in [0.5, 0.6) is 0 Å². The molecule has 2 aliphatic rings. The van der Waals surface area contributed by atoms with Crippen LogP contribution < -0.4 is 0 Å². The van der Waals surface area contributed by atoms with Crippen LogP contribution in [0.4, 0.5) is 0 Å². The molecule has 68 valence electrons. The SMILES string of the molecule is CC1(C)C(=O)OC2CCCC21O. The van der Waals surface area contributed by atoms with Gasteiger partial charge in [-0.05, 0) is 33.1 Å². The van der Waals surface area contributed by atoms with Crippen molar-refractivity contribution in [2.75, 3.05) is 0 Å². The highest BCUT2D eigenvalue weighted by atomic mass is 16.6. The van der Waals surface area contributed by atoms with Gasteiger partial charge in [0.15, 0.2) is 0 Å². The molecule has 0 aromatic rings. The summed E-state index contributed by atoms with van der Waals surface area (Å²) in [7, 11) is 0. The predicted octanol–water partition coefficient (Wildman–Crippen LogP) is 0.853. The molecule has 1 saturated heterocycles. The number of aliphatic hydroxyl groups is 1. The Morgan fingerprint density at radius 1 is 1.58 bits per heavy atom. The van der Waals surface area contributed by atoms with E-state index >= 15 is 0 Å². The predicted molar refractivity (Wildman–Crippen MR) is 42.5 cm³/mol. The number of hydrogen-bond donors (Lipinski definition) is 1. The highest BCUT2D eigenvalue weighted by molar-refractivity contribution is 5.80. The van der Waals surface area contributed by atoms with E-state index in [1.807, 2.05) is 0 Å². The Balaban J connectivity index is 2.41. The number of carbonyl (C=O) groups excluding carboxylic acids is 1. The fourth-order valence-electron chi connectivity index (χ4n) is 2.28. The third-order valence-corrected chi connectivity index (χ3v) is 3.40. The summed E-state index contributed by atoms with van der Waals surface area (Å²) in [5.74, 6) is -0.255. The fourth-order valence-corrected chi connectivity index (χ4v) is 2.28. The van der Waals surface area contributed by atoms with E-state index in [9.17, 15) is 9.90 Å². The van der Waals surface area contributed by atoms with Gasteiger partial charge in [-0.2, -0.15) is 0 Å². The first-order valence-electron chi connectivity index (χ1n) is 4.42. The van der Waals surface area contributed by atoms with Crippen LogP contribution in [-0.4, -0.2) is 22.8 Å². The number of carbonyl (C=O) groups is 1. The van der Waals surface area contributed by atoms with Gasteiger partial charge in [-0.25, -0.2) is 0 Å². The molecule has 1 heterocycles. The first-order chi connectivity index (χ1) is 5.48. The van der Waals surface area contributed by atoms with Crippen LogP contribution in [0.1, 0.15) is 33.1 Å². The normalized spacial score (nSPS) is 44.2. The molecule has 0 radical (unpaired) electrons. The van der Waals surface area contributed by atoms with Gasteiger partial charge in [0, 0.05) is 0 Å². The Hall–Kier alpha value is -0.570. The van der Waals surface area contributed by atoms with Gasteiger partial charge < -0.3 is 9.84 Å². The molecule has 0 bridgehead atoms. The summed E-state index contributed by atoms with van der Waals surface area (Å²) < 4.78 is 5.11. The maximum absolute atomic E-state index is 11.3. The number of ether oxygens (including phenoxy) is 1. The smallest absolute Gasteiger partial charge is 0.314 e. The molecule has 1 saturated carbocycles. The van der Waals surface area contributed by atoms with Crippen molar-refractivity contribution in [2.45, 2.75) is 44.8 Å². The molecular weight excluding hydrogens is 156 g/mol. The van der Waals surface area contributed by atoms with Crippen molar-refractivity contribution in [3.05, 3.63) is 0 Å². The Morgan fingerprint density at radius 2 is 2.25 bits per heavy atom.